The second kappa shape index (κ2) is 5.32. The zero-order valence-electron chi connectivity index (χ0n) is 10.6. The van der Waals surface area contributed by atoms with Crippen molar-refractivity contribution in [2.75, 3.05) is 5.73 Å². The van der Waals surface area contributed by atoms with Gasteiger partial charge in [0.15, 0.2) is 5.75 Å². The quantitative estimate of drug-likeness (QED) is 0.877. The summed E-state index contributed by atoms with van der Waals surface area (Å²) in [5, 5.41) is 0.476. The van der Waals surface area contributed by atoms with Crippen molar-refractivity contribution < 1.29 is 4.74 Å². The highest BCUT2D eigenvalue weighted by Crippen LogP contribution is 2.28. The third-order valence-electron chi connectivity index (χ3n) is 2.58. The van der Waals surface area contributed by atoms with Gasteiger partial charge in [0.05, 0.1) is 5.69 Å². The van der Waals surface area contributed by atoms with Gasteiger partial charge < -0.3 is 15.0 Å². The molecule has 0 unspecified atom stereocenters. The first-order chi connectivity index (χ1) is 8.99. The average molecular weight is 280 g/mol. The third-order valence-corrected chi connectivity index (χ3v) is 2.81. The van der Waals surface area contributed by atoms with Gasteiger partial charge in [-0.2, -0.15) is 0 Å². The molecule has 100 valence electrons. The lowest BCUT2D eigenvalue weighted by molar-refractivity contribution is 0.439. The summed E-state index contributed by atoms with van der Waals surface area (Å²) in [6.07, 6.45) is 3.12. The highest BCUT2D eigenvalue weighted by molar-refractivity contribution is 6.30. The Bertz CT molecular complexity index is 653. The van der Waals surface area contributed by atoms with Gasteiger partial charge in [0.2, 0.25) is 0 Å². The highest BCUT2D eigenvalue weighted by atomic mass is 35.5. The SMILES string of the molecule is CC(C)n1ccnc(Oc2cc(Cl)ccc2N)c1=O. The molecular weight excluding hydrogens is 266 g/mol. The van der Waals surface area contributed by atoms with Crippen LogP contribution in [0.4, 0.5) is 5.69 Å². The molecule has 1 heterocycles. The van der Waals surface area contributed by atoms with E-state index < -0.39 is 0 Å². The summed E-state index contributed by atoms with van der Waals surface area (Å²) < 4.78 is 6.99. The van der Waals surface area contributed by atoms with Crippen LogP contribution in [0.3, 0.4) is 0 Å². The van der Waals surface area contributed by atoms with Crippen LogP contribution in [0.25, 0.3) is 0 Å². The Balaban J connectivity index is 2.42. The van der Waals surface area contributed by atoms with Crippen molar-refractivity contribution in [1.82, 2.24) is 9.55 Å². The van der Waals surface area contributed by atoms with E-state index in [-0.39, 0.29) is 17.5 Å². The number of hydrogen-bond donors (Lipinski definition) is 1. The molecule has 0 bridgehead atoms. The minimum absolute atomic E-state index is 0.0227. The van der Waals surface area contributed by atoms with Crippen LogP contribution in [-0.4, -0.2) is 9.55 Å². The van der Waals surface area contributed by atoms with E-state index in [1.54, 1.807) is 24.4 Å². The summed E-state index contributed by atoms with van der Waals surface area (Å²) in [6, 6.07) is 4.83. The molecule has 0 aliphatic carbocycles. The Labute approximate surface area is 115 Å². The van der Waals surface area contributed by atoms with Gasteiger partial charge in [-0.3, -0.25) is 4.79 Å². The van der Waals surface area contributed by atoms with E-state index in [9.17, 15) is 4.79 Å². The Hall–Kier alpha value is -2.01. The number of nitrogens with zero attached hydrogens (tertiary/aromatic N) is 2. The van der Waals surface area contributed by atoms with E-state index in [0.717, 1.165) is 0 Å². The van der Waals surface area contributed by atoms with E-state index >= 15 is 0 Å². The molecule has 0 fully saturated rings. The molecule has 0 saturated carbocycles. The number of ether oxygens (including phenoxy) is 1. The van der Waals surface area contributed by atoms with Crippen molar-refractivity contribution in [2.24, 2.45) is 0 Å². The minimum atomic E-state index is -0.308. The number of hydrogen-bond acceptors (Lipinski definition) is 4. The zero-order chi connectivity index (χ0) is 14.0. The van der Waals surface area contributed by atoms with Crippen LogP contribution in [0.1, 0.15) is 19.9 Å². The number of nitrogens with two attached hydrogens (primary N) is 1. The molecule has 0 aliphatic heterocycles. The fourth-order valence-electron chi connectivity index (χ4n) is 1.58. The Morgan fingerprint density at radius 3 is 2.84 bits per heavy atom. The fourth-order valence-corrected chi connectivity index (χ4v) is 1.75. The monoisotopic (exact) mass is 279 g/mol. The lowest BCUT2D eigenvalue weighted by Gasteiger charge is -2.12. The fraction of sp³-hybridized carbons (Fsp3) is 0.231. The number of benzene rings is 1. The van der Waals surface area contributed by atoms with Gasteiger partial charge in [-0.25, -0.2) is 4.98 Å². The Morgan fingerprint density at radius 2 is 2.16 bits per heavy atom. The highest BCUT2D eigenvalue weighted by Gasteiger charge is 2.11. The minimum Gasteiger partial charge on any atom is -0.432 e. The van der Waals surface area contributed by atoms with Gasteiger partial charge in [0.1, 0.15) is 0 Å². The summed E-state index contributed by atoms with van der Waals surface area (Å²) in [5.74, 6) is 0.295. The number of anilines is 1. The normalized spacial score (nSPS) is 10.7. The summed E-state index contributed by atoms with van der Waals surface area (Å²) in [6.45, 7) is 3.80. The van der Waals surface area contributed by atoms with Crippen LogP contribution < -0.4 is 16.0 Å². The van der Waals surface area contributed by atoms with E-state index in [0.29, 0.717) is 16.5 Å². The van der Waals surface area contributed by atoms with E-state index in [1.807, 2.05) is 13.8 Å². The van der Waals surface area contributed by atoms with Gasteiger partial charge in [0, 0.05) is 29.5 Å². The molecule has 0 aliphatic rings. The summed E-state index contributed by atoms with van der Waals surface area (Å²) in [7, 11) is 0. The second-order valence-electron chi connectivity index (χ2n) is 4.32. The summed E-state index contributed by atoms with van der Waals surface area (Å²) in [4.78, 5) is 16.0. The molecule has 0 amide bonds. The standard InChI is InChI=1S/C13H14ClN3O2/c1-8(2)17-6-5-16-12(13(17)18)19-11-7-9(14)3-4-10(11)15/h3-8H,15H2,1-2H3. The van der Waals surface area contributed by atoms with Gasteiger partial charge in [-0.1, -0.05) is 11.6 Å². The topological polar surface area (TPSA) is 70.1 Å². The molecule has 5 nitrogen and oxygen atoms in total. The van der Waals surface area contributed by atoms with Crippen molar-refractivity contribution in [3.63, 3.8) is 0 Å². The van der Waals surface area contributed by atoms with Crippen molar-refractivity contribution >= 4 is 17.3 Å². The molecule has 19 heavy (non-hydrogen) atoms. The smallest absolute Gasteiger partial charge is 0.313 e. The van der Waals surface area contributed by atoms with Crippen LogP contribution in [-0.2, 0) is 0 Å². The lowest BCUT2D eigenvalue weighted by Crippen LogP contribution is -2.23. The second-order valence-corrected chi connectivity index (χ2v) is 4.76. The molecule has 6 heteroatoms. The van der Waals surface area contributed by atoms with Gasteiger partial charge >= 0.3 is 5.56 Å². The van der Waals surface area contributed by atoms with Crippen LogP contribution in [0.5, 0.6) is 11.6 Å². The number of halogens is 1. The van der Waals surface area contributed by atoms with Gasteiger partial charge in [-0.15, -0.1) is 0 Å². The number of aromatic nitrogens is 2. The maximum Gasteiger partial charge on any atom is 0.313 e. The molecule has 0 spiro atoms. The maximum absolute atomic E-state index is 12.1. The first-order valence-corrected chi connectivity index (χ1v) is 6.17. The van der Waals surface area contributed by atoms with E-state index in [2.05, 4.69) is 4.98 Å². The predicted molar refractivity (Wildman–Crippen MR) is 74.8 cm³/mol. The van der Waals surface area contributed by atoms with Crippen molar-refractivity contribution in [3.05, 3.63) is 46.0 Å². The predicted octanol–water partition coefficient (Wildman–Crippen LogP) is 2.85. The average Bonchev–Trinajstić information content (AvgIpc) is 2.36. The maximum atomic E-state index is 12.1. The van der Waals surface area contributed by atoms with Crippen molar-refractivity contribution in [2.45, 2.75) is 19.9 Å². The molecular formula is C13H14ClN3O2. The molecule has 1 aromatic carbocycles. The van der Waals surface area contributed by atoms with E-state index in [1.165, 1.54) is 10.8 Å². The lowest BCUT2D eigenvalue weighted by atomic mass is 10.3. The molecule has 0 atom stereocenters. The molecule has 2 N–H and O–H groups in total. The van der Waals surface area contributed by atoms with Crippen molar-refractivity contribution in [1.29, 1.82) is 0 Å². The number of nitrogen functional groups attached to an aromatic ring is 1. The molecule has 2 rings (SSSR count). The number of rotatable bonds is 3. The van der Waals surface area contributed by atoms with Crippen LogP contribution in [0, 0.1) is 0 Å². The van der Waals surface area contributed by atoms with Crippen molar-refractivity contribution in [3.8, 4) is 11.6 Å². The Morgan fingerprint density at radius 1 is 1.42 bits per heavy atom. The summed E-state index contributed by atoms with van der Waals surface area (Å²) >= 11 is 5.87. The largest absolute Gasteiger partial charge is 0.432 e. The Kier molecular flexibility index (Phi) is 3.76. The molecule has 2 aromatic rings. The van der Waals surface area contributed by atoms with Crippen LogP contribution in [0.2, 0.25) is 5.02 Å². The van der Waals surface area contributed by atoms with Crippen LogP contribution in [0.15, 0.2) is 35.4 Å². The molecule has 0 saturated heterocycles. The van der Waals surface area contributed by atoms with E-state index in [4.69, 9.17) is 22.1 Å². The van der Waals surface area contributed by atoms with Gasteiger partial charge in [0.25, 0.3) is 5.88 Å². The third kappa shape index (κ3) is 2.88. The summed E-state index contributed by atoms with van der Waals surface area (Å²) in [5.41, 5.74) is 5.85. The molecule has 0 radical (unpaired) electrons. The molecule has 1 aromatic heterocycles. The first-order valence-electron chi connectivity index (χ1n) is 5.79. The van der Waals surface area contributed by atoms with Crippen LogP contribution >= 0.6 is 11.6 Å². The zero-order valence-corrected chi connectivity index (χ0v) is 11.4. The van der Waals surface area contributed by atoms with Gasteiger partial charge in [-0.05, 0) is 26.0 Å². The first kappa shape index (κ1) is 13.4.